The van der Waals surface area contributed by atoms with Gasteiger partial charge in [0.05, 0.1) is 10.6 Å². The molecule has 0 atom stereocenters. The highest BCUT2D eigenvalue weighted by molar-refractivity contribution is 7.92. The molecule has 0 aliphatic rings. The maximum absolute atomic E-state index is 13.1. The lowest BCUT2D eigenvalue weighted by atomic mass is 10.0. The fourth-order valence-corrected chi connectivity index (χ4v) is 4.08. The second-order valence-electron chi connectivity index (χ2n) is 6.35. The minimum Gasteiger partial charge on any atom is -0.356 e. The fourth-order valence-electron chi connectivity index (χ4n) is 2.63. The lowest BCUT2D eigenvalue weighted by Gasteiger charge is -2.15. The zero-order valence-corrected chi connectivity index (χ0v) is 15.5. The summed E-state index contributed by atoms with van der Waals surface area (Å²) in [6.07, 6.45) is 0. The number of aryl methyl sites for hydroxylation is 1. The largest absolute Gasteiger partial charge is 0.356 e. The van der Waals surface area contributed by atoms with Gasteiger partial charge in [0.15, 0.2) is 5.76 Å². The summed E-state index contributed by atoms with van der Waals surface area (Å²) in [5.41, 5.74) is 2.30. The van der Waals surface area contributed by atoms with E-state index in [0.717, 1.165) is 0 Å². The van der Waals surface area contributed by atoms with Gasteiger partial charge in [-0.05, 0) is 48.7 Å². The number of anilines is 1. The molecule has 0 saturated carbocycles. The van der Waals surface area contributed by atoms with Crippen LogP contribution in [0.4, 0.5) is 10.1 Å². The van der Waals surface area contributed by atoms with Crippen LogP contribution in [0.15, 0.2) is 57.9 Å². The molecule has 3 rings (SSSR count). The van der Waals surface area contributed by atoms with Gasteiger partial charge in [0.2, 0.25) is 0 Å². The van der Waals surface area contributed by atoms with E-state index in [1.807, 2.05) is 19.9 Å². The summed E-state index contributed by atoms with van der Waals surface area (Å²) in [7, 11) is -3.86. The maximum Gasteiger partial charge on any atom is 0.262 e. The van der Waals surface area contributed by atoms with Crippen LogP contribution in [-0.2, 0) is 10.0 Å². The molecule has 3 aromatic rings. The van der Waals surface area contributed by atoms with Crippen LogP contribution in [-0.4, -0.2) is 13.6 Å². The highest BCUT2D eigenvalue weighted by Crippen LogP contribution is 2.31. The molecule has 0 fully saturated rings. The topological polar surface area (TPSA) is 72.2 Å². The third kappa shape index (κ3) is 3.77. The molecule has 0 saturated heterocycles. The van der Waals surface area contributed by atoms with Gasteiger partial charge >= 0.3 is 0 Å². The van der Waals surface area contributed by atoms with Gasteiger partial charge in [-0.3, -0.25) is 4.72 Å². The van der Waals surface area contributed by atoms with Crippen LogP contribution in [0.3, 0.4) is 0 Å². The van der Waals surface area contributed by atoms with Crippen LogP contribution < -0.4 is 4.72 Å². The second-order valence-corrected chi connectivity index (χ2v) is 8.00. The normalized spacial score (nSPS) is 11.7. The Morgan fingerprint density at radius 2 is 1.77 bits per heavy atom. The SMILES string of the molecule is Cc1cc(-c2ccc(C(C)C)c(S(=O)(=O)Nc3ccc(F)cc3)c2)on1. The number of halogens is 1. The minimum absolute atomic E-state index is 0.000282. The van der Waals surface area contributed by atoms with Gasteiger partial charge in [0, 0.05) is 17.3 Å². The Balaban J connectivity index is 2.06. The molecular weight excluding hydrogens is 355 g/mol. The molecule has 1 aromatic heterocycles. The molecule has 0 bridgehead atoms. The Morgan fingerprint density at radius 3 is 2.35 bits per heavy atom. The predicted octanol–water partition coefficient (Wildman–Crippen LogP) is 4.71. The van der Waals surface area contributed by atoms with E-state index < -0.39 is 15.8 Å². The lowest BCUT2D eigenvalue weighted by Crippen LogP contribution is -2.15. The highest BCUT2D eigenvalue weighted by Gasteiger charge is 2.22. The molecule has 1 N–H and O–H groups in total. The van der Waals surface area contributed by atoms with E-state index in [2.05, 4.69) is 9.88 Å². The average molecular weight is 374 g/mol. The minimum atomic E-state index is -3.86. The van der Waals surface area contributed by atoms with Crippen LogP contribution in [0.5, 0.6) is 0 Å². The van der Waals surface area contributed by atoms with E-state index in [9.17, 15) is 12.8 Å². The number of hydrogen-bond acceptors (Lipinski definition) is 4. The van der Waals surface area contributed by atoms with E-state index in [0.29, 0.717) is 28.3 Å². The predicted molar refractivity (Wildman–Crippen MR) is 98.0 cm³/mol. The summed E-state index contributed by atoms with van der Waals surface area (Å²) in [6, 6.07) is 12.1. The van der Waals surface area contributed by atoms with Gasteiger partial charge < -0.3 is 4.52 Å². The van der Waals surface area contributed by atoms with E-state index >= 15 is 0 Å². The summed E-state index contributed by atoms with van der Waals surface area (Å²) < 4.78 is 46.7. The zero-order chi connectivity index (χ0) is 18.9. The molecule has 26 heavy (non-hydrogen) atoms. The van der Waals surface area contributed by atoms with Crippen LogP contribution in [0, 0.1) is 12.7 Å². The molecule has 0 radical (unpaired) electrons. The van der Waals surface area contributed by atoms with Crippen molar-refractivity contribution in [2.24, 2.45) is 0 Å². The number of hydrogen-bond donors (Lipinski definition) is 1. The van der Waals surface area contributed by atoms with Crippen molar-refractivity contribution in [2.45, 2.75) is 31.6 Å². The first-order chi connectivity index (χ1) is 12.3. The van der Waals surface area contributed by atoms with Crippen molar-refractivity contribution in [3.05, 3.63) is 65.6 Å². The lowest BCUT2D eigenvalue weighted by molar-refractivity contribution is 0.427. The number of benzene rings is 2. The molecular formula is C19H19FN2O3S. The van der Waals surface area contributed by atoms with Crippen molar-refractivity contribution < 1.29 is 17.3 Å². The van der Waals surface area contributed by atoms with Crippen molar-refractivity contribution >= 4 is 15.7 Å². The quantitative estimate of drug-likeness (QED) is 0.702. The molecule has 136 valence electrons. The van der Waals surface area contributed by atoms with Gasteiger partial charge in [-0.2, -0.15) is 0 Å². The van der Waals surface area contributed by atoms with Gasteiger partial charge in [-0.25, -0.2) is 12.8 Å². The van der Waals surface area contributed by atoms with E-state index in [1.54, 1.807) is 25.1 Å². The third-order valence-corrected chi connectivity index (χ3v) is 5.37. The highest BCUT2D eigenvalue weighted by atomic mass is 32.2. The summed E-state index contributed by atoms with van der Waals surface area (Å²) >= 11 is 0. The number of sulfonamides is 1. The summed E-state index contributed by atoms with van der Waals surface area (Å²) in [6.45, 7) is 5.64. The van der Waals surface area contributed by atoms with Crippen LogP contribution in [0.1, 0.15) is 31.0 Å². The monoisotopic (exact) mass is 374 g/mol. The summed E-state index contributed by atoms with van der Waals surface area (Å²) in [4.78, 5) is 0.156. The molecule has 1 heterocycles. The maximum atomic E-state index is 13.1. The van der Waals surface area contributed by atoms with E-state index in [-0.39, 0.29) is 10.8 Å². The Morgan fingerprint density at radius 1 is 1.08 bits per heavy atom. The zero-order valence-electron chi connectivity index (χ0n) is 14.7. The summed E-state index contributed by atoms with van der Waals surface area (Å²) in [5, 5.41) is 3.84. The Kier molecular flexibility index (Phi) is 4.82. The molecule has 0 unspecified atom stereocenters. The van der Waals surface area contributed by atoms with Crippen LogP contribution in [0.25, 0.3) is 11.3 Å². The number of aromatic nitrogens is 1. The molecule has 5 nitrogen and oxygen atoms in total. The fraction of sp³-hybridized carbons (Fsp3) is 0.211. The van der Waals surface area contributed by atoms with Gasteiger partial charge in [0.1, 0.15) is 5.82 Å². The average Bonchev–Trinajstić information content (AvgIpc) is 3.02. The summed E-state index contributed by atoms with van der Waals surface area (Å²) in [5.74, 6) is 0.0647. The first kappa shape index (κ1) is 18.1. The van der Waals surface area contributed by atoms with E-state index in [1.165, 1.54) is 24.3 Å². The van der Waals surface area contributed by atoms with Gasteiger partial charge in [-0.15, -0.1) is 0 Å². The molecule has 7 heteroatoms. The Bertz CT molecular complexity index is 1030. The first-order valence-electron chi connectivity index (χ1n) is 8.12. The number of rotatable bonds is 5. The smallest absolute Gasteiger partial charge is 0.262 e. The first-order valence-corrected chi connectivity index (χ1v) is 9.60. The Hall–Kier alpha value is -2.67. The van der Waals surface area contributed by atoms with Crippen molar-refractivity contribution in [3.63, 3.8) is 0 Å². The van der Waals surface area contributed by atoms with Crippen LogP contribution in [0.2, 0.25) is 0 Å². The van der Waals surface area contributed by atoms with Crippen molar-refractivity contribution in [1.82, 2.24) is 5.16 Å². The van der Waals surface area contributed by atoms with E-state index in [4.69, 9.17) is 4.52 Å². The molecule has 0 aliphatic heterocycles. The molecule has 0 spiro atoms. The standard InChI is InChI=1S/C19H19FN2O3S/c1-12(2)17-9-4-14(18-10-13(3)21-25-18)11-19(17)26(23,24)22-16-7-5-15(20)6-8-16/h4-12,22H,1-3H3. The van der Waals surface area contributed by atoms with Crippen molar-refractivity contribution in [1.29, 1.82) is 0 Å². The third-order valence-electron chi connectivity index (χ3n) is 3.93. The Labute approximate surface area is 151 Å². The van der Waals surface area contributed by atoms with Crippen molar-refractivity contribution in [3.8, 4) is 11.3 Å². The van der Waals surface area contributed by atoms with Gasteiger partial charge in [-0.1, -0.05) is 31.1 Å². The van der Waals surface area contributed by atoms with Crippen molar-refractivity contribution in [2.75, 3.05) is 4.72 Å². The second kappa shape index (κ2) is 6.92. The molecule has 0 amide bonds. The van der Waals surface area contributed by atoms with Crippen LogP contribution >= 0.6 is 0 Å². The number of nitrogens with zero attached hydrogens (tertiary/aromatic N) is 1. The molecule has 2 aromatic carbocycles. The van der Waals surface area contributed by atoms with Gasteiger partial charge in [0.25, 0.3) is 10.0 Å². The number of nitrogens with one attached hydrogen (secondary N) is 1. The molecule has 0 aliphatic carbocycles.